The van der Waals surface area contributed by atoms with Crippen LogP contribution in [0.25, 0.3) is 0 Å². The molecule has 0 atom stereocenters. The van der Waals surface area contributed by atoms with Gasteiger partial charge >= 0.3 is 0 Å². The Morgan fingerprint density at radius 1 is 1.10 bits per heavy atom. The first-order chi connectivity index (χ1) is 9.90. The highest BCUT2D eigenvalue weighted by Gasteiger charge is 2.10. The van der Waals surface area contributed by atoms with E-state index in [0.29, 0.717) is 6.54 Å². The van der Waals surface area contributed by atoms with Crippen molar-refractivity contribution < 1.29 is 13.0 Å². The Labute approximate surface area is 125 Å². The van der Waals surface area contributed by atoms with Crippen molar-refractivity contribution in [2.24, 2.45) is 0 Å². The Morgan fingerprint density at radius 2 is 1.76 bits per heavy atom. The molecule has 0 fully saturated rings. The Balaban J connectivity index is 2.19. The van der Waals surface area contributed by atoms with Gasteiger partial charge < -0.3 is 4.90 Å². The highest BCUT2D eigenvalue weighted by Crippen LogP contribution is 2.19. The number of benzene rings is 2. The van der Waals surface area contributed by atoms with Crippen LogP contribution >= 0.6 is 0 Å². The molecule has 112 valence electrons. The zero-order valence-electron chi connectivity index (χ0n) is 12.2. The summed E-state index contributed by atoms with van der Waals surface area (Å²) < 4.78 is 31.0. The molecule has 0 aliphatic heterocycles. The van der Waals surface area contributed by atoms with E-state index in [0.717, 1.165) is 17.8 Å². The lowest BCUT2D eigenvalue weighted by Gasteiger charge is -2.23. The molecule has 0 aromatic heterocycles. The Bertz CT molecular complexity index is 709. The van der Waals surface area contributed by atoms with Crippen LogP contribution in [0.3, 0.4) is 0 Å². The fourth-order valence-electron chi connectivity index (χ4n) is 2.20. The summed E-state index contributed by atoms with van der Waals surface area (Å²) in [5, 5.41) is 0. The monoisotopic (exact) mass is 305 g/mol. The van der Waals surface area contributed by atoms with Crippen molar-refractivity contribution in [2.45, 2.75) is 25.3 Å². The molecule has 0 saturated carbocycles. The fourth-order valence-corrected chi connectivity index (χ4v) is 2.68. The van der Waals surface area contributed by atoms with Crippen LogP contribution in [0.4, 0.5) is 5.69 Å². The molecule has 21 heavy (non-hydrogen) atoms. The minimum absolute atomic E-state index is 0.0788. The molecule has 5 heteroatoms. The number of rotatable bonds is 5. The van der Waals surface area contributed by atoms with E-state index in [9.17, 15) is 8.42 Å². The molecule has 0 bridgehead atoms. The molecule has 2 rings (SSSR count). The zero-order valence-corrected chi connectivity index (χ0v) is 13.0. The lowest BCUT2D eigenvalue weighted by molar-refractivity contribution is 0.483. The minimum Gasteiger partial charge on any atom is -0.367 e. The molecule has 0 spiro atoms. The van der Waals surface area contributed by atoms with Crippen LogP contribution in [0.15, 0.2) is 53.4 Å². The molecule has 0 aliphatic rings. The highest BCUT2D eigenvalue weighted by molar-refractivity contribution is 7.85. The van der Waals surface area contributed by atoms with Crippen LogP contribution in [0.5, 0.6) is 0 Å². The molecule has 2 aromatic rings. The van der Waals surface area contributed by atoms with Crippen LogP contribution in [-0.4, -0.2) is 19.5 Å². The molecule has 0 unspecified atom stereocenters. The van der Waals surface area contributed by atoms with Gasteiger partial charge in [-0.1, -0.05) is 24.3 Å². The summed E-state index contributed by atoms with van der Waals surface area (Å²) in [5.74, 6) is 0. The lowest BCUT2D eigenvalue weighted by atomic mass is 10.1. The third kappa shape index (κ3) is 4.06. The molecule has 0 aliphatic carbocycles. The topological polar surface area (TPSA) is 57.6 Å². The van der Waals surface area contributed by atoms with Gasteiger partial charge in [0, 0.05) is 18.8 Å². The summed E-state index contributed by atoms with van der Waals surface area (Å²) in [6, 6.07) is 14.6. The summed E-state index contributed by atoms with van der Waals surface area (Å²) in [6.45, 7) is 5.67. The number of nitrogens with zero attached hydrogens (tertiary/aromatic N) is 1. The van der Waals surface area contributed by atoms with Crippen molar-refractivity contribution in [3.05, 3.63) is 59.7 Å². The maximum Gasteiger partial charge on any atom is 0.294 e. The van der Waals surface area contributed by atoms with Gasteiger partial charge in [0.2, 0.25) is 0 Å². The van der Waals surface area contributed by atoms with Gasteiger partial charge in [-0.25, -0.2) is 0 Å². The molecule has 0 saturated heterocycles. The van der Waals surface area contributed by atoms with E-state index in [1.165, 1.54) is 17.7 Å². The van der Waals surface area contributed by atoms with Gasteiger partial charge in [-0.2, -0.15) is 8.42 Å². The van der Waals surface area contributed by atoms with Gasteiger partial charge in [0.05, 0.1) is 4.90 Å². The van der Waals surface area contributed by atoms with Gasteiger partial charge in [-0.3, -0.25) is 4.55 Å². The van der Waals surface area contributed by atoms with Gasteiger partial charge in [-0.05, 0) is 49.2 Å². The molecule has 0 heterocycles. The average molecular weight is 305 g/mol. The summed E-state index contributed by atoms with van der Waals surface area (Å²) >= 11 is 0. The largest absolute Gasteiger partial charge is 0.367 e. The van der Waals surface area contributed by atoms with Crippen molar-refractivity contribution in [3.8, 4) is 0 Å². The maximum absolute atomic E-state index is 11.0. The van der Waals surface area contributed by atoms with E-state index >= 15 is 0 Å². The van der Waals surface area contributed by atoms with Crippen molar-refractivity contribution in [3.63, 3.8) is 0 Å². The minimum atomic E-state index is -4.12. The van der Waals surface area contributed by atoms with E-state index in [2.05, 4.69) is 36.9 Å². The van der Waals surface area contributed by atoms with Gasteiger partial charge in [-0.15, -0.1) is 0 Å². The SMILES string of the molecule is CCN(Cc1ccc(S(=O)(=O)O)cc1)c1cccc(C)c1. The number of hydrogen-bond acceptors (Lipinski definition) is 3. The van der Waals surface area contributed by atoms with Crippen molar-refractivity contribution in [1.29, 1.82) is 0 Å². The second-order valence-electron chi connectivity index (χ2n) is 4.97. The Kier molecular flexibility index (Phi) is 4.65. The summed E-state index contributed by atoms with van der Waals surface area (Å²) in [4.78, 5) is 2.12. The van der Waals surface area contributed by atoms with Crippen LogP contribution in [-0.2, 0) is 16.7 Å². The third-order valence-electron chi connectivity index (χ3n) is 3.34. The predicted octanol–water partition coefficient (Wildman–Crippen LogP) is 3.27. The zero-order chi connectivity index (χ0) is 15.5. The quantitative estimate of drug-likeness (QED) is 0.861. The van der Waals surface area contributed by atoms with Gasteiger partial charge in [0.25, 0.3) is 10.1 Å². The lowest BCUT2D eigenvalue weighted by Crippen LogP contribution is -2.22. The van der Waals surface area contributed by atoms with Crippen molar-refractivity contribution in [2.75, 3.05) is 11.4 Å². The number of hydrogen-bond donors (Lipinski definition) is 1. The van der Waals surface area contributed by atoms with Crippen LogP contribution in [0, 0.1) is 6.92 Å². The van der Waals surface area contributed by atoms with Gasteiger partial charge in [0.1, 0.15) is 0 Å². The first-order valence-corrected chi connectivity index (χ1v) is 8.22. The third-order valence-corrected chi connectivity index (χ3v) is 4.21. The first-order valence-electron chi connectivity index (χ1n) is 6.78. The number of anilines is 1. The van der Waals surface area contributed by atoms with Crippen molar-refractivity contribution in [1.82, 2.24) is 0 Å². The summed E-state index contributed by atoms with van der Waals surface area (Å²) in [5.41, 5.74) is 3.33. The second-order valence-corrected chi connectivity index (χ2v) is 6.39. The fraction of sp³-hybridized carbons (Fsp3) is 0.250. The van der Waals surface area contributed by atoms with E-state index in [1.54, 1.807) is 12.1 Å². The predicted molar refractivity (Wildman–Crippen MR) is 84.2 cm³/mol. The molecule has 0 amide bonds. The van der Waals surface area contributed by atoms with E-state index in [4.69, 9.17) is 4.55 Å². The second kappa shape index (κ2) is 6.28. The van der Waals surface area contributed by atoms with E-state index in [1.807, 2.05) is 6.07 Å². The van der Waals surface area contributed by atoms with Crippen LogP contribution in [0.2, 0.25) is 0 Å². The summed E-state index contributed by atoms with van der Waals surface area (Å²) in [7, 11) is -4.12. The van der Waals surface area contributed by atoms with Crippen LogP contribution in [0.1, 0.15) is 18.1 Å². The number of aryl methyl sites for hydroxylation is 1. The average Bonchev–Trinajstić information content (AvgIpc) is 2.44. The highest BCUT2D eigenvalue weighted by atomic mass is 32.2. The standard InChI is InChI=1S/C16H19NO3S/c1-3-17(15-6-4-5-13(2)11-15)12-14-7-9-16(10-8-14)21(18,19)20/h4-11H,3,12H2,1-2H3,(H,18,19,20). The van der Waals surface area contributed by atoms with E-state index < -0.39 is 10.1 Å². The summed E-state index contributed by atoms with van der Waals surface area (Å²) in [6.07, 6.45) is 0. The Hall–Kier alpha value is -1.85. The maximum atomic E-state index is 11.0. The molecule has 4 nitrogen and oxygen atoms in total. The first kappa shape index (κ1) is 15.5. The molecule has 1 N–H and O–H groups in total. The van der Waals surface area contributed by atoms with Crippen molar-refractivity contribution >= 4 is 15.8 Å². The van der Waals surface area contributed by atoms with E-state index in [-0.39, 0.29) is 4.90 Å². The Morgan fingerprint density at radius 3 is 2.29 bits per heavy atom. The smallest absolute Gasteiger partial charge is 0.294 e. The van der Waals surface area contributed by atoms with Crippen LogP contribution < -0.4 is 4.90 Å². The van der Waals surface area contributed by atoms with Gasteiger partial charge in [0.15, 0.2) is 0 Å². The molecular formula is C16H19NO3S. The normalized spacial score (nSPS) is 11.4. The molecule has 2 aromatic carbocycles. The molecule has 0 radical (unpaired) electrons. The molecular weight excluding hydrogens is 286 g/mol.